The number of nitrogens with zero attached hydrogens (tertiary/aromatic N) is 5. The lowest BCUT2D eigenvalue weighted by Crippen LogP contribution is -2.34. The SMILES string of the molecule is COC(=O)CC1CCN(Cc2cc(Oc3cnc(N4CCCNCC4)nc3)nc(-c3cc(Cl)cc(Cl)c3)c2)CC1. The molecule has 4 heterocycles. The van der Waals surface area contributed by atoms with Crippen LogP contribution in [0.4, 0.5) is 5.95 Å². The molecule has 0 saturated carbocycles. The summed E-state index contributed by atoms with van der Waals surface area (Å²) in [6.07, 6.45) is 6.83. The molecule has 2 aromatic heterocycles. The van der Waals surface area contributed by atoms with E-state index in [1.807, 2.05) is 24.3 Å². The summed E-state index contributed by atoms with van der Waals surface area (Å²) in [7, 11) is 1.44. The second-order valence-corrected chi connectivity index (χ2v) is 11.1. The van der Waals surface area contributed by atoms with Gasteiger partial charge in [0.1, 0.15) is 0 Å². The van der Waals surface area contributed by atoms with E-state index < -0.39 is 0 Å². The van der Waals surface area contributed by atoms with Gasteiger partial charge in [-0.3, -0.25) is 9.69 Å². The number of pyridine rings is 1. The number of carbonyl (C=O) groups is 1. The van der Waals surface area contributed by atoms with Crippen molar-refractivity contribution in [3.8, 4) is 22.9 Å². The van der Waals surface area contributed by atoms with Gasteiger partial charge in [-0.1, -0.05) is 23.2 Å². The van der Waals surface area contributed by atoms with Crippen LogP contribution in [0.15, 0.2) is 42.7 Å². The molecule has 40 heavy (non-hydrogen) atoms. The van der Waals surface area contributed by atoms with Crippen LogP contribution in [0.5, 0.6) is 11.6 Å². The highest BCUT2D eigenvalue weighted by molar-refractivity contribution is 6.35. The Balaban J connectivity index is 1.34. The standard InChI is InChI=1S/C29H34Cl2N6O3/c1-39-28(38)13-20-3-8-36(9-4-20)19-21-11-26(22-14-23(30)16-24(31)15-22)35-27(12-21)40-25-17-33-29(34-18-25)37-7-2-5-32-6-10-37/h11-12,14-18,20,32H,2-10,13,19H2,1H3. The zero-order chi connectivity index (χ0) is 27.9. The van der Waals surface area contributed by atoms with Crippen LogP contribution in [0.3, 0.4) is 0 Å². The highest BCUT2D eigenvalue weighted by Gasteiger charge is 2.22. The van der Waals surface area contributed by atoms with Crippen LogP contribution >= 0.6 is 23.2 Å². The van der Waals surface area contributed by atoms with Crippen LogP contribution in [0.1, 0.15) is 31.2 Å². The van der Waals surface area contributed by atoms with E-state index >= 15 is 0 Å². The fourth-order valence-electron chi connectivity index (χ4n) is 5.17. The van der Waals surface area contributed by atoms with Crippen LogP contribution in [-0.4, -0.2) is 72.2 Å². The van der Waals surface area contributed by atoms with Gasteiger partial charge in [0, 0.05) is 54.3 Å². The molecule has 0 unspecified atom stereocenters. The first-order valence-corrected chi connectivity index (χ1v) is 14.4. The number of benzene rings is 1. The molecule has 0 bridgehead atoms. The molecule has 0 spiro atoms. The highest BCUT2D eigenvalue weighted by Crippen LogP contribution is 2.31. The lowest BCUT2D eigenvalue weighted by Gasteiger charge is -2.31. The van der Waals surface area contributed by atoms with E-state index in [1.54, 1.807) is 18.5 Å². The van der Waals surface area contributed by atoms with Crippen molar-refractivity contribution in [1.29, 1.82) is 0 Å². The van der Waals surface area contributed by atoms with Crippen molar-refractivity contribution in [1.82, 2.24) is 25.2 Å². The highest BCUT2D eigenvalue weighted by atomic mass is 35.5. The molecule has 9 nitrogen and oxygen atoms in total. The van der Waals surface area contributed by atoms with Crippen LogP contribution in [0, 0.1) is 5.92 Å². The number of rotatable bonds is 8. The van der Waals surface area contributed by atoms with Crippen molar-refractivity contribution in [3.05, 3.63) is 58.3 Å². The summed E-state index contributed by atoms with van der Waals surface area (Å²) in [6, 6.07) is 9.38. The summed E-state index contributed by atoms with van der Waals surface area (Å²) >= 11 is 12.6. The van der Waals surface area contributed by atoms with Crippen LogP contribution in [-0.2, 0) is 16.1 Å². The van der Waals surface area contributed by atoms with Crippen molar-refractivity contribution in [2.75, 3.05) is 51.3 Å². The van der Waals surface area contributed by atoms with Crippen LogP contribution in [0.2, 0.25) is 10.0 Å². The lowest BCUT2D eigenvalue weighted by molar-refractivity contribution is -0.142. The Kier molecular flexibility index (Phi) is 9.70. The summed E-state index contributed by atoms with van der Waals surface area (Å²) < 4.78 is 11.0. The Labute approximate surface area is 244 Å². The minimum Gasteiger partial charge on any atom is -0.469 e. The second-order valence-electron chi connectivity index (χ2n) is 10.3. The molecule has 2 saturated heterocycles. The number of anilines is 1. The number of carbonyl (C=O) groups excluding carboxylic acids is 1. The molecular weight excluding hydrogens is 551 g/mol. The average molecular weight is 586 g/mol. The zero-order valence-corrected chi connectivity index (χ0v) is 24.1. The predicted molar refractivity (Wildman–Crippen MR) is 156 cm³/mol. The zero-order valence-electron chi connectivity index (χ0n) is 22.6. The van der Waals surface area contributed by atoms with Gasteiger partial charge in [-0.2, -0.15) is 0 Å². The summed E-state index contributed by atoms with van der Waals surface area (Å²) in [5.74, 6) is 1.87. The Hall–Kier alpha value is -2.98. The van der Waals surface area contributed by atoms with E-state index in [2.05, 4.69) is 25.1 Å². The maximum atomic E-state index is 11.7. The van der Waals surface area contributed by atoms with E-state index in [9.17, 15) is 4.79 Å². The maximum absolute atomic E-state index is 11.7. The van der Waals surface area contributed by atoms with Crippen molar-refractivity contribution in [2.45, 2.75) is 32.2 Å². The molecule has 3 aromatic rings. The van der Waals surface area contributed by atoms with Crippen molar-refractivity contribution in [2.24, 2.45) is 5.92 Å². The topological polar surface area (TPSA) is 92.7 Å². The molecule has 1 aromatic carbocycles. The number of methoxy groups -OCH3 is 1. The molecular formula is C29H34Cl2N6O3. The quantitative estimate of drug-likeness (QED) is 0.358. The molecule has 0 atom stereocenters. The van der Waals surface area contributed by atoms with Crippen molar-refractivity contribution < 1.29 is 14.3 Å². The largest absolute Gasteiger partial charge is 0.469 e. The minimum atomic E-state index is -0.139. The van der Waals surface area contributed by atoms with Gasteiger partial charge in [-0.15, -0.1) is 0 Å². The molecule has 11 heteroatoms. The van der Waals surface area contributed by atoms with Crippen molar-refractivity contribution in [3.63, 3.8) is 0 Å². The molecule has 1 N–H and O–H groups in total. The molecule has 5 rings (SSSR count). The number of ether oxygens (including phenoxy) is 2. The molecule has 2 aliphatic rings. The second kappa shape index (κ2) is 13.6. The van der Waals surface area contributed by atoms with E-state index in [4.69, 9.17) is 37.7 Å². The molecule has 2 aliphatic heterocycles. The first-order chi connectivity index (χ1) is 19.4. The van der Waals surface area contributed by atoms with Gasteiger partial charge in [-0.25, -0.2) is 15.0 Å². The van der Waals surface area contributed by atoms with Gasteiger partial charge >= 0.3 is 5.97 Å². The van der Waals surface area contributed by atoms with E-state index in [-0.39, 0.29) is 5.97 Å². The first kappa shape index (κ1) is 28.5. The number of aromatic nitrogens is 3. The molecule has 0 radical (unpaired) electrons. The maximum Gasteiger partial charge on any atom is 0.305 e. The fraction of sp³-hybridized carbons (Fsp3) is 0.448. The third kappa shape index (κ3) is 7.81. The van der Waals surface area contributed by atoms with Gasteiger partial charge < -0.3 is 19.7 Å². The Bertz CT molecular complexity index is 1270. The monoisotopic (exact) mass is 584 g/mol. The summed E-state index contributed by atoms with van der Waals surface area (Å²) in [6.45, 7) is 6.24. The molecule has 0 amide bonds. The molecule has 212 valence electrons. The van der Waals surface area contributed by atoms with E-state index in [0.29, 0.717) is 45.7 Å². The number of esters is 1. The number of likely N-dealkylation sites (tertiary alicyclic amines) is 1. The molecule has 2 fully saturated rings. The Morgan fingerprint density at radius 2 is 1.75 bits per heavy atom. The van der Waals surface area contributed by atoms with Crippen LogP contribution in [0.25, 0.3) is 11.3 Å². The first-order valence-electron chi connectivity index (χ1n) is 13.7. The van der Waals surface area contributed by atoms with Crippen LogP contribution < -0.4 is 15.0 Å². The number of halogens is 2. The smallest absolute Gasteiger partial charge is 0.305 e. The van der Waals surface area contributed by atoms with Crippen molar-refractivity contribution >= 4 is 35.1 Å². The summed E-state index contributed by atoms with van der Waals surface area (Å²) in [5.41, 5.74) is 2.58. The van der Waals surface area contributed by atoms with Gasteiger partial charge in [0.25, 0.3) is 0 Å². The predicted octanol–water partition coefficient (Wildman–Crippen LogP) is 5.21. The van der Waals surface area contributed by atoms with Gasteiger partial charge in [0.2, 0.25) is 11.8 Å². The summed E-state index contributed by atoms with van der Waals surface area (Å²) in [5, 5.41) is 4.47. The Morgan fingerprint density at radius 1 is 1.00 bits per heavy atom. The Morgan fingerprint density at radius 3 is 2.48 bits per heavy atom. The van der Waals surface area contributed by atoms with Gasteiger partial charge in [0.05, 0.1) is 25.2 Å². The lowest BCUT2D eigenvalue weighted by atomic mass is 9.93. The van der Waals surface area contributed by atoms with E-state index in [1.165, 1.54) is 7.11 Å². The number of nitrogens with one attached hydrogen (secondary N) is 1. The number of hydrogen-bond donors (Lipinski definition) is 1. The summed E-state index contributed by atoms with van der Waals surface area (Å²) in [4.78, 5) is 30.1. The minimum absolute atomic E-state index is 0.139. The normalized spacial score (nSPS) is 16.9. The number of hydrogen-bond acceptors (Lipinski definition) is 9. The van der Waals surface area contributed by atoms with Gasteiger partial charge in [-0.05, 0) is 74.6 Å². The third-order valence-electron chi connectivity index (χ3n) is 7.28. The third-order valence-corrected chi connectivity index (χ3v) is 7.71. The molecule has 0 aliphatic carbocycles. The van der Waals surface area contributed by atoms with Gasteiger partial charge in [0.15, 0.2) is 5.75 Å². The average Bonchev–Trinajstić information content (AvgIpc) is 3.24. The number of piperidine rings is 1. The fourth-order valence-corrected chi connectivity index (χ4v) is 5.70. The van der Waals surface area contributed by atoms with E-state index in [0.717, 1.165) is 76.2 Å².